The molecule has 19 heavy (non-hydrogen) atoms. The Balaban J connectivity index is 1.89. The van der Waals surface area contributed by atoms with Crippen LogP contribution in [0.15, 0.2) is 27.2 Å². The number of hydrogen-bond donors (Lipinski definition) is 1. The van der Waals surface area contributed by atoms with Gasteiger partial charge in [-0.25, -0.2) is 0 Å². The highest BCUT2D eigenvalue weighted by Crippen LogP contribution is 2.29. The van der Waals surface area contributed by atoms with E-state index in [1.54, 1.807) is 0 Å². The average molecular weight is 434 g/mol. The summed E-state index contributed by atoms with van der Waals surface area (Å²) < 4.78 is 7.53. The van der Waals surface area contributed by atoms with Crippen molar-refractivity contribution < 1.29 is 4.52 Å². The van der Waals surface area contributed by atoms with Crippen molar-refractivity contribution in [1.82, 2.24) is 15.5 Å². The summed E-state index contributed by atoms with van der Waals surface area (Å²) in [5, 5.41) is 7.55. The second-order valence-corrected chi connectivity index (χ2v) is 6.66. The second kappa shape index (κ2) is 5.88. The monoisotopic (exact) mass is 433 g/mol. The Hall–Kier alpha value is -0.470. The lowest BCUT2D eigenvalue weighted by atomic mass is 10.0. The Morgan fingerprint density at radius 3 is 3.05 bits per heavy atom. The molecule has 1 aromatic carbocycles. The maximum Gasteiger partial charge on any atom is 0.259 e. The van der Waals surface area contributed by atoms with E-state index in [1.807, 2.05) is 18.2 Å². The van der Waals surface area contributed by atoms with Crippen LogP contribution in [0.4, 0.5) is 0 Å². The van der Waals surface area contributed by atoms with E-state index in [1.165, 1.54) is 12.8 Å². The molecule has 1 unspecified atom stereocenters. The van der Waals surface area contributed by atoms with E-state index < -0.39 is 0 Å². The van der Waals surface area contributed by atoms with Crippen molar-refractivity contribution >= 4 is 38.5 Å². The van der Waals surface area contributed by atoms with Gasteiger partial charge < -0.3 is 9.84 Å². The molecule has 2 heterocycles. The molecule has 1 aromatic heterocycles. The Labute approximate surface area is 133 Å². The fourth-order valence-corrected chi connectivity index (χ4v) is 3.15. The van der Waals surface area contributed by atoms with Gasteiger partial charge in [-0.05, 0) is 60.2 Å². The van der Waals surface area contributed by atoms with Crippen molar-refractivity contribution in [1.29, 1.82) is 0 Å². The van der Waals surface area contributed by atoms with Crippen LogP contribution in [0.3, 0.4) is 0 Å². The van der Waals surface area contributed by atoms with Crippen LogP contribution in [0.2, 0.25) is 0 Å². The van der Waals surface area contributed by atoms with Crippen molar-refractivity contribution in [3.8, 4) is 11.5 Å². The first-order valence-corrected chi connectivity index (χ1v) is 8.13. The van der Waals surface area contributed by atoms with Gasteiger partial charge in [0.1, 0.15) is 0 Å². The summed E-state index contributed by atoms with van der Waals surface area (Å²) in [5.41, 5.74) is 0.976. The molecule has 0 saturated carbocycles. The number of halogens is 2. The molecule has 4 nitrogen and oxygen atoms in total. The predicted molar refractivity (Wildman–Crippen MR) is 84.7 cm³/mol. The molecule has 1 aliphatic heterocycles. The molecular weight excluding hydrogens is 421 g/mol. The van der Waals surface area contributed by atoms with Crippen molar-refractivity contribution in [2.45, 2.75) is 25.3 Å². The molecule has 0 aliphatic carbocycles. The van der Waals surface area contributed by atoms with Crippen LogP contribution in [0.1, 0.15) is 31.1 Å². The minimum Gasteiger partial charge on any atom is -0.334 e. The SMILES string of the molecule is Brc1ccc(I)c(-c2nc(C3CCCCN3)no2)c1. The van der Waals surface area contributed by atoms with Crippen LogP contribution < -0.4 is 5.32 Å². The number of nitrogens with zero attached hydrogens (tertiary/aromatic N) is 2. The van der Waals surface area contributed by atoms with Gasteiger partial charge >= 0.3 is 0 Å². The molecule has 1 N–H and O–H groups in total. The highest BCUT2D eigenvalue weighted by atomic mass is 127. The third kappa shape index (κ3) is 3.00. The lowest BCUT2D eigenvalue weighted by Crippen LogP contribution is -2.27. The van der Waals surface area contributed by atoms with Crippen LogP contribution in [-0.4, -0.2) is 16.7 Å². The fourth-order valence-electron chi connectivity index (χ4n) is 2.22. The van der Waals surface area contributed by atoms with Gasteiger partial charge in [0.2, 0.25) is 0 Å². The molecule has 3 rings (SSSR count). The quantitative estimate of drug-likeness (QED) is 0.729. The maximum atomic E-state index is 5.41. The van der Waals surface area contributed by atoms with Crippen LogP contribution in [-0.2, 0) is 0 Å². The molecular formula is C13H13BrIN3O. The highest BCUT2D eigenvalue weighted by molar-refractivity contribution is 14.1. The fraction of sp³-hybridized carbons (Fsp3) is 0.385. The van der Waals surface area contributed by atoms with Gasteiger partial charge in [-0.3, -0.25) is 0 Å². The third-order valence-electron chi connectivity index (χ3n) is 3.22. The van der Waals surface area contributed by atoms with Gasteiger partial charge in [-0.15, -0.1) is 0 Å². The average Bonchev–Trinajstić information content (AvgIpc) is 2.92. The van der Waals surface area contributed by atoms with Crippen molar-refractivity contribution in [2.24, 2.45) is 0 Å². The smallest absolute Gasteiger partial charge is 0.259 e. The van der Waals surface area contributed by atoms with Crippen molar-refractivity contribution in [2.75, 3.05) is 6.54 Å². The van der Waals surface area contributed by atoms with Gasteiger partial charge in [0.25, 0.3) is 5.89 Å². The summed E-state index contributed by atoms with van der Waals surface area (Å²) in [5.74, 6) is 1.36. The largest absolute Gasteiger partial charge is 0.334 e. The molecule has 100 valence electrons. The van der Waals surface area contributed by atoms with E-state index in [9.17, 15) is 0 Å². The molecule has 0 radical (unpaired) electrons. The molecule has 6 heteroatoms. The Bertz CT molecular complexity index is 581. The van der Waals surface area contributed by atoms with E-state index in [0.717, 1.165) is 32.4 Å². The molecule has 1 saturated heterocycles. The van der Waals surface area contributed by atoms with E-state index >= 15 is 0 Å². The van der Waals surface area contributed by atoms with Gasteiger partial charge in [0, 0.05) is 8.04 Å². The molecule has 1 fully saturated rings. The van der Waals surface area contributed by atoms with E-state index in [-0.39, 0.29) is 6.04 Å². The standard InChI is InChI=1S/C13H13BrIN3O/c14-8-4-5-10(15)9(7-8)13-17-12(18-19-13)11-3-1-2-6-16-11/h4-5,7,11,16H,1-3,6H2. The predicted octanol–water partition coefficient (Wildman–Crippen LogP) is 3.92. The normalized spacial score (nSPS) is 19.6. The molecule has 1 atom stereocenters. The lowest BCUT2D eigenvalue weighted by molar-refractivity contribution is 0.367. The number of benzene rings is 1. The van der Waals surface area contributed by atoms with Crippen LogP contribution in [0, 0.1) is 3.57 Å². The zero-order valence-corrected chi connectivity index (χ0v) is 13.9. The molecule has 2 aromatic rings. The topological polar surface area (TPSA) is 51.0 Å². The van der Waals surface area contributed by atoms with Crippen LogP contribution >= 0.6 is 38.5 Å². The Kier molecular flexibility index (Phi) is 4.18. The molecule has 0 amide bonds. The summed E-state index contributed by atoms with van der Waals surface area (Å²) in [4.78, 5) is 4.54. The van der Waals surface area contributed by atoms with Crippen LogP contribution in [0.5, 0.6) is 0 Å². The van der Waals surface area contributed by atoms with E-state index in [2.05, 4.69) is 54.0 Å². The number of rotatable bonds is 2. The minimum atomic E-state index is 0.232. The number of hydrogen-bond acceptors (Lipinski definition) is 4. The summed E-state index contributed by atoms with van der Waals surface area (Å²) in [6.45, 7) is 1.03. The van der Waals surface area contributed by atoms with Crippen molar-refractivity contribution in [3.63, 3.8) is 0 Å². The third-order valence-corrected chi connectivity index (χ3v) is 4.66. The Morgan fingerprint density at radius 1 is 1.37 bits per heavy atom. The molecule has 1 aliphatic rings. The van der Waals surface area contributed by atoms with Gasteiger partial charge in [-0.1, -0.05) is 27.5 Å². The lowest BCUT2D eigenvalue weighted by Gasteiger charge is -2.19. The minimum absolute atomic E-state index is 0.232. The summed E-state index contributed by atoms with van der Waals surface area (Å²) in [7, 11) is 0. The zero-order chi connectivity index (χ0) is 13.2. The maximum absolute atomic E-state index is 5.41. The molecule has 0 bridgehead atoms. The highest BCUT2D eigenvalue weighted by Gasteiger charge is 2.21. The van der Waals surface area contributed by atoms with Crippen LogP contribution in [0.25, 0.3) is 11.5 Å². The van der Waals surface area contributed by atoms with Gasteiger partial charge in [0.05, 0.1) is 11.6 Å². The van der Waals surface area contributed by atoms with E-state index in [0.29, 0.717) is 5.89 Å². The van der Waals surface area contributed by atoms with Gasteiger partial charge in [-0.2, -0.15) is 4.98 Å². The van der Waals surface area contributed by atoms with Gasteiger partial charge in [0.15, 0.2) is 5.82 Å². The first-order chi connectivity index (χ1) is 9.24. The Morgan fingerprint density at radius 2 is 2.26 bits per heavy atom. The second-order valence-electron chi connectivity index (χ2n) is 4.58. The zero-order valence-electron chi connectivity index (χ0n) is 10.2. The summed E-state index contributed by atoms with van der Waals surface area (Å²) in [6.07, 6.45) is 3.52. The van der Waals surface area contributed by atoms with E-state index in [4.69, 9.17) is 4.52 Å². The molecule has 0 spiro atoms. The number of aromatic nitrogens is 2. The number of nitrogens with one attached hydrogen (secondary N) is 1. The number of piperidine rings is 1. The summed E-state index contributed by atoms with van der Waals surface area (Å²) in [6, 6.07) is 6.28. The first-order valence-electron chi connectivity index (χ1n) is 6.26. The van der Waals surface area contributed by atoms with Crippen molar-refractivity contribution in [3.05, 3.63) is 32.1 Å². The first kappa shape index (κ1) is 13.5. The summed E-state index contributed by atoms with van der Waals surface area (Å²) >= 11 is 5.75.